The number of piperidine rings is 2. The molecule has 0 spiro atoms. The SMILES string of the molecule is CCN(CCOC)C(=O)C(C)(C)c1ccc(N(Cc2ccccc2)C2CCN(C3(C)CCN(C(=O)c4c(C)cc(N)cc4C)CC3)CC2)cc1. The van der Waals surface area contributed by atoms with Gasteiger partial charge in [0.15, 0.2) is 0 Å². The number of likely N-dealkylation sites (N-methyl/N-ethyl adjacent to an activating group) is 1. The van der Waals surface area contributed by atoms with Gasteiger partial charge in [0.1, 0.15) is 0 Å². The highest BCUT2D eigenvalue weighted by atomic mass is 16.5. The minimum Gasteiger partial charge on any atom is -0.399 e. The number of nitrogens with two attached hydrogens (primary N) is 1. The van der Waals surface area contributed by atoms with Gasteiger partial charge in [-0.3, -0.25) is 14.5 Å². The Kier molecular flexibility index (Phi) is 12.0. The molecule has 5 rings (SSSR count). The number of nitrogen functional groups attached to an aromatic ring is 1. The van der Waals surface area contributed by atoms with Gasteiger partial charge in [0.2, 0.25) is 5.91 Å². The zero-order valence-electron chi connectivity index (χ0n) is 31.5. The molecule has 2 amide bonds. The summed E-state index contributed by atoms with van der Waals surface area (Å²) in [5.41, 5.74) is 12.4. The standard InChI is InChI=1S/C42H59N5O3/c1-8-44(26-27-50-7)40(49)41(4,5)34-14-16-36(17-15-34)47(30-33-12-10-9-11-13-33)37-18-22-46(23-19-37)42(6)20-24-45(25-21-42)39(48)38-31(2)28-35(43)29-32(38)3/h9-17,28-29,37H,8,18-27,30,43H2,1-7H3. The molecule has 2 N–H and O–H groups in total. The topological polar surface area (TPSA) is 82.4 Å². The van der Waals surface area contributed by atoms with Gasteiger partial charge in [-0.25, -0.2) is 0 Å². The van der Waals surface area contributed by atoms with Gasteiger partial charge in [0, 0.05) is 81.4 Å². The monoisotopic (exact) mass is 681 g/mol. The molecule has 0 atom stereocenters. The molecule has 2 aliphatic heterocycles. The van der Waals surface area contributed by atoms with Gasteiger partial charge in [-0.15, -0.1) is 0 Å². The van der Waals surface area contributed by atoms with Crippen LogP contribution in [0, 0.1) is 13.8 Å². The molecule has 0 aromatic heterocycles. The molecule has 2 aliphatic rings. The molecule has 3 aromatic carbocycles. The second-order valence-corrected chi connectivity index (χ2v) is 15.2. The van der Waals surface area contributed by atoms with Crippen molar-refractivity contribution in [2.24, 2.45) is 0 Å². The lowest BCUT2D eigenvalue weighted by molar-refractivity contribution is -0.136. The minimum atomic E-state index is -0.639. The molecule has 0 bridgehead atoms. The van der Waals surface area contributed by atoms with Crippen LogP contribution >= 0.6 is 0 Å². The van der Waals surface area contributed by atoms with E-state index in [-0.39, 0.29) is 17.4 Å². The van der Waals surface area contributed by atoms with Crippen molar-refractivity contribution in [2.75, 3.05) is 63.6 Å². The summed E-state index contributed by atoms with van der Waals surface area (Å²) in [6.45, 7) is 18.7. The van der Waals surface area contributed by atoms with E-state index in [0.29, 0.717) is 31.4 Å². The maximum Gasteiger partial charge on any atom is 0.254 e. The number of likely N-dealkylation sites (tertiary alicyclic amines) is 2. The fourth-order valence-electron chi connectivity index (χ4n) is 8.12. The molecule has 2 saturated heterocycles. The second-order valence-electron chi connectivity index (χ2n) is 15.2. The molecule has 0 aliphatic carbocycles. The van der Waals surface area contributed by atoms with E-state index in [9.17, 15) is 9.59 Å². The molecule has 2 heterocycles. The largest absolute Gasteiger partial charge is 0.399 e. The van der Waals surface area contributed by atoms with Crippen LogP contribution in [0.4, 0.5) is 11.4 Å². The Morgan fingerprint density at radius 1 is 0.940 bits per heavy atom. The number of carbonyl (C=O) groups is 2. The number of nitrogens with zero attached hydrogens (tertiary/aromatic N) is 4. The summed E-state index contributed by atoms with van der Waals surface area (Å²) >= 11 is 0. The third-order valence-electron chi connectivity index (χ3n) is 11.5. The Morgan fingerprint density at radius 2 is 1.54 bits per heavy atom. The number of amides is 2. The molecule has 3 aromatic rings. The molecule has 0 saturated carbocycles. The smallest absolute Gasteiger partial charge is 0.254 e. The Labute approximate surface area is 300 Å². The summed E-state index contributed by atoms with van der Waals surface area (Å²) in [5.74, 6) is 0.252. The first-order valence-electron chi connectivity index (χ1n) is 18.5. The highest BCUT2D eigenvalue weighted by molar-refractivity contribution is 5.97. The highest BCUT2D eigenvalue weighted by Gasteiger charge is 2.40. The lowest BCUT2D eigenvalue weighted by atomic mass is 9.82. The molecule has 50 heavy (non-hydrogen) atoms. The van der Waals surface area contributed by atoms with Crippen molar-refractivity contribution in [1.82, 2.24) is 14.7 Å². The van der Waals surface area contributed by atoms with Crippen LogP contribution in [0.25, 0.3) is 0 Å². The molecule has 8 nitrogen and oxygen atoms in total. The lowest BCUT2D eigenvalue weighted by Gasteiger charge is -2.50. The molecule has 8 heteroatoms. The number of ether oxygens (including phenoxy) is 1. The minimum absolute atomic E-state index is 0.0760. The summed E-state index contributed by atoms with van der Waals surface area (Å²) in [6.07, 6.45) is 4.10. The Hall–Kier alpha value is -3.88. The number of benzene rings is 3. The van der Waals surface area contributed by atoms with E-state index in [1.54, 1.807) is 7.11 Å². The summed E-state index contributed by atoms with van der Waals surface area (Å²) in [5, 5.41) is 0. The van der Waals surface area contributed by atoms with Gasteiger partial charge in [0.05, 0.1) is 12.0 Å². The second kappa shape index (κ2) is 16.0. The predicted molar refractivity (Wildman–Crippen MR) is 205 cm³/mol. The Bertz CT molecular complexity index is 1570. The number of methoxy groups -OCH3 is 1. The van der Waals surface area contributed by atoms with E-state index in [4.69, 9.17) is 10.5 Å². The third-order valence-corrected chi connectivity index (χ3v) is 11.5. The zero-order chi connectivity index (χ0) is 36.1. The first-order valence-corrected chi connectivity index (χ1v) is 18.5. The average molecular weight is 682 g/mol. The van der Waals surface area contributed by atoms with Crippen molar-refractivity contribution in [3.63, 3.8) is 0 Å². The van der Waals surface area contributed by atoms with Gasteiger partial charge in [-0.1, -0.05) is 42.5 Å². The molecular weight excluding hydrogens is 622 g/mol. The molecule has 0 unspecified atom stereocenters. The maximum absolute atomic E-state index is 13.6. The van der Waals surface area contributed by atoms with Crippen LogP contribution in [0.5, 0.6) is 0 Å². The number of aryl methyl sites for hydroxylation is 2. The van der Waals surface area contributed by atoms with Crippen LogP contribution in [-0.4, -0.2) is 91.1 Å². The van der Waals surface area contributed by atoms with E-state index < -0.39 is 5.41 Å². The van der Waals surface area contributed by atoms with Crippen LogP contribution in [0.15, 0.2) is 66.7 Å². The van der Waals surface area contributed by atoms with Crippen molar-refractivity contribution in [3.8, 4) is 0 Å². The number of hydrogen-bond donors (Lipinski definition) is 1. The zero-order valence-corrected chi connectivity index (χ0v) is 31.5. The number of anilines is 2. The maximum atomic E-state index is 13.6. The Balaban J connectivity index is 1.26. The highest BCUT2D eigenvalue weighted by Crippen LogP contribution is 2.35. The Morgan fingerprint density at radius 3 is 2.10 bits per heavy atom. The van der Waals surface area contributed by atoms with Crippen LogP contribution in [0.2, 0.25) is 0 Å². The fraction of sp³-hybridized carbons (Fsp3) is 0.524. The van der Waals surface area contributed by atoms with Crippen molar-refractivity contribution in [3.05, 3.63) is 94.5 Å². The van der Waals surface area contributed by atoms with Crippen molar-refractivity contribution in [2.45, 2.75) is 90.8 Å². The molecule has 0 radical (unpaired) electrons. The van der Waals surface area contributed by atoms with Crippen LogP contribution in [-0.2, 0) is 21.5 Å². The summed E-state index contributed by atoms with van der Waals surface area (Å²) < 4.78 is 5.26. The average Bonchev–Trinajstić information content (AvgIpc) is 3.11. The summed E-state index contributed by atoms with van der Waals surface area (Å²) in [6, 6.07) is 23.6. The summed E-state index contributed by atoms with van der Waals surface area (Å²) in [4.78, 5) is 36.3. The third kappa shape index (κ3) is 8.18. The van der Waals surface area contributed by atoms with E-state index in [1.165, 1.54) is 11.3 Å². The molecule has 2 fully saturated rings. The quantitative estimate of drug-likeness (QED) is 0.211. The fourth-order valence-corrected chi connectivity index (χ4v) is 8.12. The number of rotatable bonds is 12. The van der Waals surface area contributed by atoms with Crippen LogP contribution in [0.3, 0.4) is 0 Å². The van der Waals surface area contributed by atoms with Crippen molar-refractivity contribution in [1.29, 1.82) is 0 Å². The predicted octanol–water partition coefficient (Wildman–Crippen LogP) is 6.82. The number of hydrogen-bond acceptors (Lipinski definition) is 6. The van der Waals surface area contributed by atoms with Gasteiger partial charge in [-0.05, 0) is 114 Å². The van der Waals surface area contributed by atoms with Gasteiger partial charge >= 0.3 is 0 Å². The van der Waals surface area contributed by atoms with Crippen LogP contribution < -0.4 is 10.6 Å². The van der Waals surface area contributed by atoms with E-state index in [0.717, 1.165) is 80.7 Å². The first kappa shape index (κ1) is 37.4. The van der Waals surface area contributed by atoms with Gasteiger partial charge < -0.3 is 25.2 Å². The summed E-state index contributed by atoms with van der Waals surface area (Å²) in [7, 11) is 1.67. The van der Waals surface area contributed by atoms with Crippen LogP contribution in [0.1, 0.15) is 86.0 Å². The molecular formula is C42H59N5O3. The lowest BCUT2D eigenvalue weighted by Crippen LogP contribution is -2.58. The van der Waals surface area contributed by atoms with Crippen molar-refractivity contribution >= 4 is 23.2 Å². The normalized spacial score (nSPS) is 17.1. The van der Waals surface area contributed by atoms with E-state index >= 15 is 0 Å². The van der Waals surface area contributed by atoms with Gasteiger partial charge in [0.25, 0.3) is 5.91 Å². The van der Waals surface area contributed by atoms with Crippen molar-refractivity contribution < 1.29 is 14.3 Å². The van der Waals surface area contributed by atoms with E-state index in [1.807, 2.05) is 56.6 Å². The van der Waals surface area contributed by atoms with Gasteiger partial charge in [-0.2, -0.15) is 0 Å². The molecule has 270 valence electrons. The first-order chi connectivity index (χ1) is 23.9. The van der Waals surface area contributed by atoms with E-state index in [2.05, 4.69) is 71.3 Å². The number of carbonyl (C=O) groups excluding carboxylic acids is 2.